The molecule has 2 saturated heterocycles. The number of benzene rings is 1. The van der Waals surface area contributed by atoms with Gasteiger partial charge >= 0.3 is 17.9 Å². The molecule has 266 valence electrons. The molecule has 1 aromatic carbocycles. The smallest absolute Gasteiger partial charge is 0.303 e. The van der Waals surface area contributed by atoms with Crippen LogP contribution in [0.4, 0.5) is 0 Å². The second kappa shape index (κ2) is 21.9. The summed E-state index contributed by atoms with van der Waals surface area (Å²) in [6, 6.07) is 7.92. The van der Waals surface area contributed by atoms with Gasteiger partial charge in [-0.2, -0.15) is 0 Å². The van der Waals surface area contributed by atoms with Crippen LogP contribution in [-0.2, 0) is 63.4 Å². The Morgan fingerprint density at radius 1 is 0.702 bits per heavy atom. The Labute approximate surface area is 277 Å². The van der Waals surface area contributed by atoms with Gasteiger partial charge in [-0.1, -0.05) is 12.1 Å². The van der Waals surface area contributed by atoms with E-state index in [0.717, 1.165) is 37.2 Å². The number of carbonyl (C=O) groups excluding carboxylic acids is 3. The average Bonchev–Trinajstić information content (AvgIpc) is 3.85. The molecule has 47 heavy (non-hydrogen) atoms. The van der Waals surface area contributed by atoms with Crippen molar-refractivity contribution in [3.63, 3.8) is 0 Å². The average molecular weight is 670 g/mol. The van der Waals surface area contributed by atoms with Crippen molar-refractivity contribution >= 4 is 17.9 Å². The molecule has 0 aromatic heterocycles. The van der Waals surface area contributed by atoms with E-state index in [4.69, 9.17) is 47.4 Å². The summed E-state index contributed by atoms with van der Waals surface area (Å²) in [5, 5.41) is 0. The molecule has 0 N–H and O–H groups in total. The minimum Gasteiger partial charge on any atom is -0.491 e. The third-order valence-electron chi connectivity index (χ3n) is 7.21. The van der Waals surface area contributed by atoms with Crippen LogP contribution < -0.4 is 4.74 Å². The third kappa shape index (κ3) is 15.7. The van der Waals surface area contributed by atoms with Gasteiger partial charge in [0.2, 0.25) is 0 Å². The first-order valence-electron chi connectivity index (χ1n) is 16.2. The van der Waals surface area contributed by atoms with Gasteiger partial charge in [0.15, 0.2) is 24.6 Å². The van der Waals surface area contributed by atoms with Gasteiger partial charge in [0.1, 0.15) is 18.5 Å². The number of hydrogen-bond donors (Lipinski definition) is 0. The van der Waals surface area contributed by atoms with Crippen molar-refractivity contribution in [2.24, 2.45) is 0 Å². The van der Waals surface area contributed by atoms with Crippen molar-refractivity contribution in [3.8, 4) is 5.75 Å². The molecule has 0 aliphatic carbocycles. The maximum atomic E-state index is 12.0. The molecule has 5 atom stereocenters. The summed E-state index contributed by atoms with van der Waals surface area (Å²) in [5.41, 5.74) is 1.15. The number of esters is 3. The molecule has 2 aliphatic heterocycles. The molecule has 14 heteroatoms. The van der Waals surface area contributed by atoms with E-state index in [1.54, 1.807) is 7.11 Å². The van der Waals surface area contributed by atoms with Gasteiger partial charge in [0.25, 0.3) is 0 Å². The Hall–Kier alpha value is -2.85. The highest BCUT2D eigenvalue weighted by Gasteiger charge is 2.53. The molecule has 0 saturated carbocycles. The zero-order valence-electron chi connectivity index (χ0n) is 28.1. The summed E-state index contributed by atoms with van der Waals surface area (Å²) in [4.78, 5) is 38.0. The zero-order chi connectivity index (χ0) is 33.9. The second-order valence-corrected chi connectivity index (χ2v) is 11.2. The number of aryl methyl sites for hydroxylation is 1. The number of hydrogen-bond acceptors (Lipinski definition) is 14. The van der Waals surface area contributed by atoms with Crippen molar-refractivity contribution in [2.75, 3.05) is 86.2 Å². The first kappa shape index (κ1) is 38.6. The summed E-state index contributed by atoms with van der Waals surface area (Å²) in [6.07, 6.45) is -2.41. The van der Waals surface area contributed by atoms with Gasteiger partial charge in [0, 0.05) is 54.1 Å². The fraction of sp³-hybridized carbons (Fsp3) is 0.727. The van der Waals surface area contributed by atoms with Crippen LogP contribution in [0, 0.1) is 0 Å². The van der Waals surface area contributed by atoms with Gasteiger partial charge in [0.05, 0.1) is 46.2 Å². The monoisotopic (exact) mass is 669 g/mol. The third-order valence-corrected chi connectivity index (χ3v) is 7.21. The lowest BCUT2D eigenvalue weighted by atomic mass is 9.97. The van der Waals surface area contributed by atoms with E-state index in [1.165, 1.54) is 20.8 Å². The van der Waals surface area contributed by atoms with Crippen LogP contribution in [0.2, 0.25) is 0 Å². The Morgan fingerprint density at radius 3 is 1.83 bits per heavy atom. The summed E-state index contributed by atoms with van der Waals surface area (Å²) in [5.74, 6) is -0.994. The topological polar surface area (TPSA) is 147 Å². The maximum Gasteiger partial charge on any atom is 0.303 e. The fourth-order valence-electron chi connectivity index (χ4n) is 4.93. The summed E-state index contributed by atoms with van der Waals surface area (Å²) in [7, 11) is 1.64. The lowest BCUT2D eigenvalue weighted by molar-refractivity contribution is -0.304. The van der Waals surface area contributed by atoms with Crippen LogP contribution in [0.25, 0.3) is 0 Å². The van der Waals surface area contributed by atoms with E-state index < -0.39 is 48.6 Å². The van der Waals surface area contributed by atoms with Gasteiger partial charge in [-0.05, 0) is 37.0 Å². The normalized spacial score (nSPS) is 22.4. The zero-order valence-corrected chi connectivity index (χ0v) is 28.1. The van der Waals surface area contributed by atoms with Gasteiger partial charge < -0.3 is 47.4 Å². The molecule has 0 spiro atoms. The molecular formula is C33H51NO13. The highest BCUT2D eigenvalue weighted by atomic mass is 16.7. The molecule has 0 bridgehead atoms. The molecule has 2 fully saturated rings. The van der Waals surface area contributed by atoms with Gasteiger partial charge in [-0.3, -0.25) is 19.3 Å². The van der Waals surface area contributed by atoms with Crippen LogP contribution in [-0.4, -0.2) is 140 Å². The maximum absolute atomic E-state index is 12.0. The number of ether oxygens (including phenoxy) is 10. The minimum atomic E-state index is -1.10. The fourth-order valence-corrected chi connectivity index (χ4v) is 4.93. The summed E-state index contributed by atoms with van der Waals surface area (Å²) >= 11 is 0. The SMILES string of the molecule is COCCOCCOCCOCCOc1ccc(CCCCOC2OC(CN3CC3)C(OC(C)=O)C(OC(C)=O)C2OC(C)=O)cc1. The summed E-state index contributed by atoms with van der Waals surface area (Å²) < 4.78 is 55.8. The molecule has 3 rings (SSSR count). The Kier molecular flexibility index (Phi) is 18.0. The first-order valence-corrected chi connectivity index (χ1v) is 16.2. The largest absolute Gasteiger partial charge is 0.491 e. The van der Waals surface area contributed by atoms with Crippen LogP contribution in [0.3, 0.4) is 0 Å². The Balaban J connectivity index is 1.37. The lowest BCUT2D eigenvalue weighted by Crippen LogP contribution is -2.63. The number of rotatable bonds is 24. The van der Waals surface area contributed by atoms with E-state index >= 15 is 0 Å². The Morgan fingerprint density at radius 2 is 1.26 bits per heavy atom. The minimum absolute atomic E-state index is 0.318. The summed E-state index contributed by atoms with van der Waals surface area (Å²) in [6.45, 7) is 10.4. The first-order chi connectivity index (χ1) is 22.8. The van der Waals surface area contributed by atoms with Gasteiger partial charge in [-0.25, -0.2) is 0 Å². The predicted octanol–water partition coefficient (Wildman–Crippen LogP) is 1.94. The molecular weight excluding hydrogens is 618 g/mol. The molecule has 5 unspecified atom stereocenters. The molecule has 1 aromatic rings. The number of carbonyl (C=O) groups is 3. The molecule has 2 heterocycles. The highest BCUT2D eigenvalue weighted by molar-refractivity contribution is 5.68. The molecule has 2 aliphatic rings. The second-order valence-electron chi connectivity index (χ2n) is 11.2. The standard InChI is InChI=1S/C33H51NO13/c1-24(35)44-30-29(23-34-12-13-34)47-33(32(46-26(3)37)31(30)45-25(2)36)43-14-6-5-7-27-8-10-28(11-9-27)42-22-21-41-20-19-40-18-17-39-16-15-38-4/h8-11,29-33H,5-7,12-23H2,1-4H3. The molecule has 0 amide bonds. The van der Waals surface area contributed by atoms with E-state index in [1.807, 2.05) is 24.3 Å². The van der Waals surface area contributed by atoms with Crippen molar-refractivity contribution < 1.29 is 61.8 Å². The van der Waals surface area contributed by atoms with Crippen molar-refractivity contribution in [1.82, 2.24) is 4.90 Å². The highest BCUT2D eigenvalue weighted by Crippen LogP contribution is 2.31. The predicted molar refractivity (Wildman–Crippen MR) is 167 cm³/mol. The Bertz CT molecular complexity index is 1050. The van der Waals surface area contributed by atoms with E-state index in [0.29, 0.717) is 72.4 Å². The van der Waals surface area contributed by atoms with Crippen LogP contribution in [0.5, 0.6) is 5.75 Å². The molecule has 0 radical (unpaired) electrons. The van der Waals surface area contributed by atoms with Crippen LogP contribution in [0.15, 0.2) is 24.3 Å². The van der Waals surface area contributed by atoms with E-state index in [9.17, 15) is 14.4 Å². The van der Waals surface area contributed by atoms with Crippen molar-refractivity contribution in [1.29, 1.82) is 0 Å². The van der Waals surface area contributed by atoms with E-state index in [-0.39, 0.29) is 0 Å². The number of nitrogens with zero attached hydrogens (tertiary/aromatic N) is 1. The lowest BCUT2D eigenvalue weighted by Gasteiger charge is -2.44. The van der Waals surface area contributed by atoms with Crippen LogP contribution >= 0.6 is 0 Å². The van der Waals surface area contributed by atoms with Crippen molar-refractivity contribution in [3.05, 3.63) is 29.8 Å². The van der Waals surface area contributed by atoms with Crippen LogP contribution in [0.1, 0.15) is 39.2 Å². The van der Waals surface area contributed by atoms with E-state index in [2.05, 4.69) is 4.90 Å². The molecule has 14 nitrogen and oxygen atoms in total. The number of unbranched alkanes of at least 4 members (excludes halogenated alkanes) is 1. The number of methoxy groups -OCH3 is 1. The van der Waals surface area contributed by atoms with Gasteiger partial charge in [-0.15, -0.1) is 0 Å². The quantitative estimate of drug-likeness (QED) is 0.0684. The van der Waals surface area contributed by atoms with Crippen molar-refractivity contribution in [2.45, 2.75) is 70.7 Å².